The van der Waals surface area contributed by atoms with E-state index >= 15 is 0 Å². The summed E-state index contributed by atoms with van der Waals surface area (Å²) in [4.78, 5) is 23.0. The Bertz CT molecular complexity index is 427. The van der Waals surface area contributed by atoms with E-state index in [0.29, 0.717) is 12.5 Å². The minimum atomic E-state index is -0.248. The van der Waals surface area contributed by atoms with Gasteiger partial charge < -0.3 is 10.6 Å². The van der Waals surface area contributed by atoms with Gasteiger partial charge >= 0.3 is 0 Å². The molecule has 0 heterocycles. The molecule has 2 amide bonds. The Balaban J connectivity index is 1.99. The molecule has 1 saturated carbocycles. The number of carbonyl (C=O) groups excluding carboxylic acids is 2. The number of benzene rings is 1. The van der Waals surface area contributed by atoms with Gasteiger partial charge in [-0.25, -0.2) is 0 Å². The van der Waals surface area contributed by atoms with Crippen LogP contribution >= 0.6 is 0 Å². The van der Waals surface area contributed by atoms with Gasteiger partial charge in [-0.1, -0.05) is 30.3 Å². The van der Waals surface area contributed by atoms with Crippen molar-refractivity contribution in [1.29, 1.82) is 0 Å². The van der Waals surface area contributed by atoms with Gasteiger partial charge in [0.2, 0.25) is 11.8 Å². The zero-order valence-corrected chi connectivity index (χ0v) is 10.5. The van der Waals surface area contributed by atoms with E-state index in [-0.39, 0.29) is 17.9 Å². The Labute approximate surface area is 107 Å². The monoisotopic (exact) mass is 246 g/mol. The number of nitrogens with one attached hydrogen (secondary N) is 2. The summed E-state index contributed by atoms with van der Waals surface area (Å²) in [6.07, 6.45) is 2.43. The molecule has 1 aromatic rings. The van der Waals surface area contributed by atoms with E-state index in [1.165, 1.54) is 6.92 Å². The number of amides is 2. The second kappa shape index (κ2) is 5.67. The van der Waals surface area contributed by atoms with Crippen LogP contribution in [0.1, 0.15) is 37.8 Å². The fourth-order valence-electron chi connectivity index (χ4n) is 1.88. The predicted octanol–water partition coefficient (Wildman–Crippen LogP) is 1.53. The average molecular weight is 246 g/mol. The molecule has 0 spiro atoms. The van der Waals surface area contributed by atoms with Crippen molar-refractivity contribution < 1.29 is 9.59 Å². The highest BCUT2D eigenvalue weighted by molar-refractivity contribution is 5.79. The van der Waals surface area contributed by atoms with Crippen LogP contribution in [0.2, 0.25) is 0 Å². The standard InChI is InChI=1S/C14H18N2O2/c1-10(17)15-13(11-5-3-2-4-6-11)9-14(18)16-12-7-8-12/h2-6,12-13H,7-9H2,1H3,(H,15,17)(H,16,18)/t13-/m0/s1. The summed E-state index contributed by atoms with van der Waals surface area (Å²) in [6.45, 7) is 1.47. The van der Waals surface area contributed by atoms with Gasteiger partial charge in [0.1, 0.15) is 0 Å². The molecular weight excluding hydrogens is 228 g/mol. The summed E-state index contributed by atoms with van der Waals surface area (Å²) in [5.41, 5.74) is 0.957. The van der Waals surface area contributed by atoms with E-state index in [9.17, 15) is 9.59 Å². The Kier molecular flexibility index (Phi) is 3.97. The smallest absolute Gasteiger partial charge is 0.222 e. The fourth-order valence-corrected chi connectivity index (χ4v) is 1.88. The van der Waals surface area contributed by atoms with Gasteiger partial charge in [-0.15, -0.1) is 0 Å². The molecule has 1 atom stereocenters. The lowest BCUT2D eigenvalue weighted by molar-refractivity contribution is -0.122. The van der Waals surface area contributed by atoms with Crippen LogP contribution in [0.4, 0.5) is 0 Å². The van der Waals surface area contributed by atoms with Crippen molar-refractivity contribution in [2.45, 2.75) is 38.3 Å². The van der Waals surface area contributed by atoms with Crippen molar-refractivity contribution in [3.8, 4) is 0 Å². The van der Waals surface area contributed by atoms with Crippen LogP contribution in [-0.4, -0.2) is 17.9 Å². The maximum absolute atomic E-state index is 11.8. The molecule has 1 aliphatic rings. The van der Waals surface area contributed by atoms with Crippen molar-refractivity contribution in [3.63, 3.8) is 0 Å². The van der Waals surface area contributed by atoms with E-state index in [4.69, 9.17) is 0 Å². The lowest BCUT2D eigenvalue weighted by Crippen LogP contribution is -2.33. The van der Waals surface area contributed by atoms with Gasteiger partial charge in [-0.05, 0) is 18.4 Å². The number of hydrogen-bond donors (Lipinski definition) is 2. The van der Waals surface area contributed by atoms with Crippen LogP contribution in [0, 0.1) is 0 Å². The first-order valence-corrected chi connectivity index (χ1v) is 6.26. The van der Waals surface area contributed by atoms with Crippen molar-refractivity contribution in [1.82, 2.24) is 10.6 Å². The zero-order valence-electron chi connectivity index (χ0n) is 10.5. The van der Waals surface area contributed by atoms with Crippen molar-refractivity contribution in [2.24, 2.45) is 0 Å². The third-order valence-electron chi connectivity index (χ3n) is 2.91. The molecule has 2 N–H and O–H groups in total. The molecule has 2 rings (SSSR count). The van der Waals surface area contributed by atoms with Gasteiger partial charge in [-0.2, -0.15) is 0 Å². The molecular formula is C14H18N2O2. The van der Waals surface area contributed by atoms with Gasteiger partial charge in [0, 0.05) is 13.0 Å². The highest BCUT2D eigenvalue weighted by Gasteiger charge is 2.25. The summed E-state index contributed by atoms with van der Waals surface area (Å²) >= 11 is 0. The van der Waals surface area contributed by atoms with Crippen LogP contribution < -0.4 is 10.6 Å². The predicted molar refractivity (Wildman–Crippen MR) is 68.8 cm³/mol. The average Bonchev–Trinajstić information content (AvgIpc) is 3.12. The summed E-state index contributed by atoms with van der Waals surface area (Å²) in [5, 5.41) is 5.76. The highest BCUT2D eigenvalue weighted by Crippen LogP contribution is 2.21. The third kappa shape index (κ3) is 3.87. The second-order valence-electron chi connectivity index (χ2n) is 4.71. The normalized spacial score (nSPS) is 15.8. The van der Waals surface area contributed by atoms with Crippen LogP contribution in [0.5, 0.6) is 0 Å². The van der Waals surface area contributed by atoms with Crippen LogP contribution in [0.15, 0.2) is 30.3 Å². The minimum Gasteiger partial charge on any atom is -0.353 e. The Morgan fingerprint density at radius 2 is 1.94 bits per heavy atom. The van der Waals surface area contributed by atoms with E-state index in [1.54, 1.807) is 0 Å². The lowest BCUT2D eigenvalue weighted by atomic mass is 10.0. The lowest BCUT2D eigenvalue weighted by Gasteiger charge is -2.18. The molecule has 0 saturated heterocycles. The van der Waals surface area contributed by atoms with Crippen molar-refractivity contribution in [2.75, 3.05) is 0 Å². The van der Waals surface area contributed by atoms with Crippen LogP contribution in [0.3, 0.4) is 0 Å². The number of rotatable bonds is 5. The van der Waals surface area contributed by atoms with Crippen molar-refractivity contribution in [3.05, 3.63) is 35.9 Å². The Morgan fingerprint density at radius 1 is 1.28 bits per heavy atom. The molecule has 4 heteroatoms. The quantitative estimate of drug-likeness (QED) is 0.827. The molecule has 1 aromatic carbocycles. The number of hydrogen-bond acceptors (Lipinski definition) is 2. The maximum atomic E-state index is 11.8. The molecule has 0 bridgehead atoms. The molecule has 1 fully saturated rings. The number of carbonyl (C=O) groups is 2. The molecule has 0 unspecified atom stereocenters. The first kappa shape index (κ1) is 12.6. The van der Waals surface area contributed by atoms with Crippen LogP contribution in [0.25, 0.3) is 0 Å². The summed E-state index contributed by atoms with van der Waals surface area (Å²) in [5.74, 6) is -0.122. The molecule has 4 nitrogen and oxygen atoms in total. The van der Waals surface area contributed by atoms with E-state index in [2.05, 4.69) is 10.6 Å². The van der Waals surface area contributed by atoms with Gasteiger partial charge in [0.15, 0.2) is 0 Å². The summed E-state index contributed by atoms with van der Waals surface area (Å²) in [6, 6.07) is 9.68. The largest absolute Gasteiger partial charge is 0.353 e. The maximum Gasteiger partial charge on any atom is 0.222 e. The van der Waals surface area contributed by atoms with Gasteiger partial charge in [0.05, 0.1) is 12.5 Å². The van der Waals surface area contributed by atoms with E-state index in [1.807, 2.05) is 30.3 Å². The molecule has 96 valence electrons. The Morgan fingerprint density at radius 3 is 2.50 bits per heavy atom. The highest BCUT2D eigenvalue weighted by atomic mass is 16.2. The third-order valence-corrected chi connectivity index (χ3v) is 2.91. The molecule has 18 heavy (non-hydrogen) atoms. The molecule has 0 aromatic heterocycles. The van der Waals surface area contributed by atoms with Crippen LogP contribution in [-0.2, 0) is 9.59 Å². The SMILES string of the molecule is CC(=O)N[C@@H](CC(=O)NC1CC1)c1ccccc1. The minimum absolute atomic E-state index is 0.0000954. The summed E-state index contributed by atoms with van der Waals surface area (Å²) < 4.78 is 0. The first-order valence-electron chi connectivity index (χ1n) is 6.26. The Hall–Kier alpha value is -1.84. The van der Waals surface area contributed by atoms with E-state index < -0.39 is 0 Å². The molecule has 0 aliphatic heterocycles. The summed E-state index contributed by atoms with van der Waals surface area (Å²) in [7, 11) is 0. The second-order valence-corrected chi connectivity index (χ2v) is 4.71. The fraction of sp³-hybridized carbons (Fsp3) is 0.429. The zero-order chi connectivity index (χ0) is 13.0. The van der Waals surface area contributed by atoms with E-state index in [0.717, 1.165) is 18.4 Å². The topological polar surface area (TPSA) is 58.2 Å². The first-order chi connectivity index (χ1) is 8.65. The molecule has 1 aliphatic carbocycles. The van der Waals surface area contributed by atoms with Gasteiger partial charge in [0.25, 0.3) is 0 Å². The van der Waals surface area contributed by atoms with Crippen molar-refractivity contribution >= 4 is 11.8 Å². The molecule has 0 radical (unpaired) electrons. The van der Waals surface area contributed by atoms with Gasteiger partial charge in [-0.3, -0.25) is 9.59 Å².